The van der Waals surface area contributed by atoms with Gasteiger partial charge in [0.2, 0.25) is 0 Å². The van der Waals surface area contributed by atoms with E-state index in [0.717, 1.165) is 37.8 Å². The number of nitrogens with zero attached hydrogens (tertiary/aromatic N) is 5. The largest absolute Gasteiger partial charge is 0.355 e. The average Bonchev–Trinajstić information content (AvgIpc) is 2.49. The van der Waals surface area contributed by atoms with E-state index in [0.29, 0.717) is 0 Å². The maximum Gasteiger partial charge on any atom is 0.156 e. The van der Waals surface area contributed by atoms with E-state index in [4.69, 9.17) is 0 Å². The second kappa shape index (κ2) is 5.50. The molecule has 0 bridgehead atoms. The normalized spacial score (nSPS) is 21.1. The molecule has 0 aliphatic carbocycles. The summed E-state index contributed by atoms with van der Waals surface area (Å²) in [5.74, 6) is 2.01. The Balaban J connectivity index is 1.75. The minimum atomic E-state index is 1.00. The van der Waals surface area contributed by atoms with Crippen LogP contribution in [0, 0.1) is 0 Å². The summed E-state index contributed by atoms with van der Waals surface area (Å²) >= 11 is 0. The summed E-state index contributed by atoms with van der Waals surface area (Å²) in [5, 5.41) is 12.3. The summed E-state index contributed by atoms with van der Waals surface area (Å²) in [6.07, 6.45) is 7.75. The molecule has 0 unspecified atom stereocenters. The minimum absolute atomic E-state index is 1.00. The van der Waals surface area contributed by atoms with Crippen molar-refractivity contribution in [2.45, 2.75) is 38.5 Å². The lowest BCUT2D eigenvalue weighted by Gasteiger charge is -2.30. The lowest BCUT2D eigenvalue weighted by atomic mass is 10.1. The van der Waals surface area contributed by atoms with Gasteiger partial charge in [0, 0.05) is 32.2 Å². The van der Waals surface area contributed by atoms with Gasteiger partial charge in [-0.1, -0.05) is 0 Å². The first-order chi connectivity index (χ1) is 8.93. The van der Waals surface area contributed by atoms with E-state index >= 15 is 0 Å². The van der Waals surface area contributed by atoms with Gasteiger partial charge in [-0.15, -0.1) is 10.2 Å². The third-order valence-corrected chi connectivity index (χ3v) is 3.91. The Morgan fingerprint density at radius 1 is 0.667 bits per heavy atom. The number of hydrogen-bond acceptors (Lipinski definition) is 5. The summed E-state index contributed by atoms with van der Waals surface area (Å²) in [7, 11) is 0. The zero-order chi connectivity index (χ0) is 12.2. The molecule has 2 fully saturated rings. The van der Waals surface area contributed by atoms with Crippen LogP contribution in [-0.4, -0.2) is 41.6 Å². The highest BCUT2D eigenvalue weighted by Gasteiger charge is 2.17. The smallest absolute Gasteiger partial charge is 0.156 e. The van der Waals surface area contributed by atoms with E-state index in [2.05, 4.69) is 31.3 Å². The third-order valence-electron chi connectivity index (χ3n) is 3.91. The predicted octanol–water partition coefficient (Wildman–Crippen LogP) is 1.85. The Hall–Kier alpha value is -1.39. The second-order valence-electron chi connectivity index (χ2n) is 5.25. The zero-order valence-electron chi connectivity index (χ0n) is 10.9. The Morgan fingerprint density at radius 2 is 1.11 bits per heavy atom. The standard InChI is InChI=1S/C13H21N5/c1-3-7-17(8-4-1)12-11-13(15-16-14-12)18-9-5-2-6-10-18/h11H,1-10H2. The Morgan fingerprint density at radius 3 is 1.56 bits per heavy atom. The molecule has 0 atom stereocenters. The summed E-state index contributed by atoms with van der Waals surface area (Å²) in [6, 6.07) is 2.11. The first kappa shape index (κ1) is 11.7. The number of hydrogen-bond donors (Lipinski definition) is 0. The van der Waals surface area contributed by atoms with E-state index in [1.165, 1.54) is 38.5 Å². The summed E-state index contributed by atoms with van der Waals surface area (Å²) in [4.78, 5) is 4.68. The number of anilines is 2. The van der Waals surface area contributed by atoms with Crippen LogP contribution in [0.25, 0.3) is 0 Å². The number of piperidine rings is 2. The molecule has 0 aromatic carbocycles. The molecule has 2 saturated heterocycles. The summed E-state index contributed by atoms with van der Waals surface area (Å²) < 4.78 is 0. The predicted molar refractivity (Wildman–Crippen MR) is 72.0 cm³/mol. The van der Waals surface area contributed by atoms with Crippen LogP contribution in [0.2, 0.25) is 0 Å². The third kappa shape index (κ3) is 2.54. The lowest BCUT2D eigenvalue weighted by Crippen LogP contribution is -2.33. The highest BCUT2D eigenvalue weighted by atomic mass is 15.4. The molecule has 0 amide bonds. The summed E-state index contributed by atoms with van der Waals surface area (Å²) in [5.41, 5.74) is 0. The first-order valence-electron chi connectivity index (χ1n) is 7.14. The van der Waals surface area contributed by atoms with Crippen molar-refractivity contribution in [1.82, 2.24) is 15.4 Å². The van der Waals surface area contributed by atoms with Crippen molar-refractivity contribution in [2.75, 3.05) is 36.0 Å². The Kier molecular flexibility index (Phi) is 3.57. The lowest BCUT2D eigenvalue weighted by molar-refractivity contribution is 0.559. The fourth-order valence-corrected chi connectivity index (χ4v) is 2.84. The van der Waals surface area contributed by atoms with Gasteiger partial charge in [-0.2, -0.15) is 0 Å². The molecule has 3 rings (SSSR count). The summed E-state index contributed by atoms with van der Waals surface area (Å²) in [6.45, 7) is 4.44. The van der Waals surface area contributed by atoms with Gasteiger partial charge in [-0.3, -0.25) is 0 Å². The van der Waals surface area contributed by atoms with Gasteiger partial charge in [-0.05, 0) is 43.7 Å². The van der Waals surface area contributed by atoms with Crippen LogP contribution in [0.5, 0.6) is 0 Å². The van der Waals surface area contributed by atoms with E-state index < -0.39 is 0 Å². The zero-order valence-corrected chi connectivity index (χ0v) is 10.9. The van der Waals surface area contributed by atoms with Crippen molar-refractivity contribution in [3.63, 3.8) is 0 Å². The molecule has 0 spiro atoms. The van der Waals surface area contributed by atoms with Crippen LogP contribution in [-0.2, 0) is 0 Å². The molecule has 18 heavy (non-hydrogen) atoms. The van der Waals surface area contributed by atoms with Crippen LogP contribution < -0.4 is 9.80 Å². The van der Waals surface area contributed by atoms with Crippen molar-refractivity contribution in [3.05, 3.63) is 6.07 Å². The van der Waals surface area contributed by atoms with Gasteiger partial charge in [0.05, 0.1) is 0 Å². The van der Waals surface area contributed by atoms with E-state index in [1.54, 1.807) is 0 Å². The van der Waals surface area contributed by atoms with Crippen LogP contribution in [0.15, 0.2) is 6.07 Å². The average molecular weight is 247 g/mol. The fourth-order valence-electron chi connectivity index (χ4n) is 2.84. The Labute approximate surface area is 108 Å². The molecule has 0 saturated carbocycles. The van der Waals surface area contributed by atoms with Gasteiger partial charge in [0.15, 0.2) is 11.6 Å². The molecule has 3 heterocycles. The van der Waals surface area contributed by atoms with E-state index in [1.807, 2.05) is 0 Å². The van der Waals surface area contributed by atoms with Gasteiger partial charge in [0.1, 0.15) is 0 Å². The van der Waals surface area contributed by atoms with Crippen molar-refractivity contribution in [2.24, 2.45) is 0 Å². The van der Waals surface area contributed by atoms with Crippen LogP contribution in [0.1, 0.15) is 38.5 Å². The molecular formula is C13H21N5. The van der Waals surface area contributed by atoms with Crippen LogP contribution in [0.3, 0.4) is 0 Å². The fraction of sp³-hybridized carbons (Fsp3) is 0.769. The molecular weight excluding hydrogens is 226 g/mol. The van der Waals surface area contributed by atoms with Gasteiger partial charge in [-0.25, -0.2) is 0 Å². The monoisotopic (exact) mass is 247 g/mol. The minimum Gasteiger partial charge on any atom is -0.355 e. The molecule has 5 nitrogen and oxygen atoms in total. The highest BCUT2D eigenvalue weighted by molar-refractivity contribution is 5.49. The highest BCUT2D eigenvalue weighted by Crippen LogP contribution is 2.22. The maximum atomic E-state index is 4.20. The molecule has 0 radical (unpaired) electrons. The van der Waals surface area contributed by atoms with E-state index in [9.17, 15) is 0 Å². The van der Waals surface area contributed by atoms with Gasteiger partial charge in [0.25, 0.3) is 0 Å². The number of aromatic nitrogens is 3. The molecule has 1 aromatic rings. The van der Waals surface area contributed by atoms with Crippen molar-refractivity contribution in [3.8, 4) is 0 Å². The van der Waals surface area contributed by atoms with Crippen LogP contribution in [0.4, 0.5) is 11.6 Å². The topological polar surface area (TPSA) is 45.2 Å². The first-order valence-corrected chi connectivity index (χ1v) is 7.14. The van der Waals surface area contributed by atoms with Crippen molar-refractivity contribution >= 4 is 11.6 Å². The van der Waals surface area contributed by atoms with Gasteiger partial charge < -0.3 is 9.80 Å². The maximum absolute atomic E-state index is 4.20. The SMILES string of the molecule is c1c(N2CCCCC2)nnnc1N1CCCCC1. The van der Waals surface area contributed by atoms with Crippen LogP contribution >= 0.6 is 0 Å². The molecule has 2 aliphatic rings. The van der Waals surface area contributed by atoms with Gasteiger partial charge >= 0.3 is 0 Å². The van der Waals surface area contributed by atoms with Crippen molar-refractivity contribution in [1.29, 1.82) is 0 Å². The number of rotatable bonds is 2. The van der Waals surface area contributed by atoms with Crippen molar-refractivity contribution < 1.29 is 0 Å². The molecule has 98 valence electrons. The van der Waals surface area contributed by atoms with E-state index in [-0.39, 0.29) is 0 Å². The molecule has 0 N–H and O–H groups in total. The molecule has 2 aliphatic heterocycles. The molecule has 5 heteroatoms. The quantitative estimate of drug-likeness (QED) is 0.798. The molecule has 1 aromatic heterocycles. The Bertz CT molecular complexity index is 349. The second-order valence-corrected chi connectivity index (χ2v) is 5.25.